The van der Waals surface area contributed by atoms with Crippen LogP contribution in [-0.2, 0) is 6.18 Å². The van der Waals surface area contributed by atoms with Crippen LogP contribution in [0.2, 0.25) is 0 Å². The fourth-order valence-corrected chi connectivity index (χ4v) is 3.84. The van der Waals surface area contributed by atoms with Gasteiger partial charge in [-0.15, -0.1) is 0 Å². The number of halogens is 3. The number of nitrogens with zero attached hydrogens (tertiary/aromatic N) is 1. The highest BCUT2D eigenvalue weighted by Crippen LogP contribution is 2.40. The number of nitrogen functional groups attached to an aromatic ring is 1. The maximum atomic E-state index is 12.7. The zero-order valence-electron chi connectivity index (χ0n) is 12.0. The van der Waals surface area contributed by atoms with Gasteiger partial charge in [0.1, 0.15) is 0 Å². The third-order valence-corrected chi connectivity index (χ3v) is 4.99. The Kier molecular flexibility index (Phi) is 3.76. The van der Waals surface area contributed by atoms with Crippen LogP contribution in [0.25, 0.3) is 0 Å². The largest absolute Gasteiger partial charge is 0.416 e. The first-order chi connectivity index (χ1) is 9.95. The van der Waals surface area contributed by atoms with Gasteiger partial charge in [0.25, 0.3) is 0 Å². The molecule has 1 saturated carbocycles. The summed E-state index contributed by atoms with van der Waals surface area (Å²) < 4.78 is 38.1. The van der Waals surface area contributed by atoms with Crippen molar-refractivity contribution < 1.29 is 13.2 Å². The fraction of sp³-hybridized carbons (Fsp3) is 0.625. The van der Waals surface area contributed by atoms with Crippen molar-refractivity contribution >= 4 is 11.4 Å². The second-order valence-electron chi connectivity index (χ2n) is 6.31. The van der Waals surface area contributed by atoms with Crippen molar-refractivity contribution in [2.45, 2.75) is 38.3 Å². The zero-order valence-corrected chi connectivity index (χ0v) is 12.0. The molecule has 0 radical (unpaired) electrons. The third-order valence-electron chi connectivity index (χ3n) is 4.99. The Labute approximate surface area is 123 Å². The number of nitrogens with two attached hydrogens (primary N) is 1. The molecular weight excluding hydrogens is 277 g/mol. The average molecular weight is 298 g/mol. The van der Waals surface area contributed by atoms with Gasteiger partial charge in [-0.25, -0.2) is 0 Å². The standard InChI is InChI=1S/C16H21F3N2/c17-16(18,19)13-5-6-15(14(20)9-13)21-8-7-11-3-1-2-4-12(11)10-21/h5-6,9,11-12H,1-4,7-8,10,20H2. The molecule has 2 fully saturated rings. The van der Waals surface area contributed by atoms with Crippen LogP contribution < -0.4 is 10.6 Å². The van der Waals surface area contributed by atoms with E-state index < -0.39 is 11.7 Å². The zero-order chi connectivity index (χ0) is 15.0. The molecule has 1 aliphatic carbocycles. The molecule has 3 rings (SSSR count). The summed E-state index contributed by atoms with van der Waals surface area (Å²) in [5.74, 6) is 1.47. The van der Waals surface area contributed by atoms with Gasteiger partial charge in [0.05, 0.1) is 16.9 Å². The van der Waals surface area contributed by atoms with Gasteiger partial charge >= 0.3 is 6.18 Å². The molecule has 0 bridgehead atoms. The number of piperidine rings is 1. The maximum absolute atomic E-state index is 12.7. The smallest absolute Gasteiger partial charge is 0.397 e. The molecule has 116 valence electrons. The normalized spacial score (nSPS) is 26.5. The van der Waals surface area contributed by atoms with Gasteiger partial charge < -0.3 is 10.6 Å². The molecule has 0 aromatic heterocycles. The molecule has 1 aliphatic heterocycles. The van der Waals surface area contributed by atoms with Gasteiger partial charge in [-0.1, -0.05) is 19.3 Å². The Hall–Kier alpha value is -1.39. The molecule has 1 aromatic rings. The number of benzene rings is 1. The summed E-state index contributed by atoms with van der Waals surface area (Å²) in [5, 5.41) is 0. The Balaban J connectivity index is 1.78. The molecule has 1 heterocycles. The Morgan fingerprint density at radius 2 is 1.76 bits per heavy atom. The highest BCUT2D eigenvalue weighted by molar-refractivity contribution is 5.69. The Morgan fingerprint density at radius 1 is 1.05 bits per heavy atom. The number of anilines is 2. The van der Waals surface area contributed by atoms with Crippen molar-refractivity contribution in [2.75, 3.05) is 23.7 Å². The molecule has 2 atom stereocenters. The van der Waals surface area contributed by atoms with Gasteiger partial charge in [0.15, 0.2) is 0 Å². The summed E-state index contributed by atoms with van der Waals surface area (Å²) in [4.78, 5) is 2.17. The number of fused-ring (bicyclic) bond motifs is 1. The summed E-state index contributed by atoms with van der Waals surface area (Å²) in [5.41, 5.74) is 6.20. The molecular formula is C16H21F3N2. The van der Waals surface area contributed by atoms with E-state index >= 15 is 0 Å². The van der Waals surface area contributed by atoms with Crippen LogP contribution in [0.5, 0.6) is 0 Å². The van der Waals surface area contributed by atoms with Crippen LogP contribution in [0.3, 0.4) is 0 Å². The predicted octanol–water partition coefficient (Wildman–Crippen LogP) is 4.30. The van der Waals surface area contributed by atoms with Gasteiger partial charge in [-0.2, -0.15) is 13.2 Å². The lowest BCUT2D eigenvalue weighted by atomic mass is 9.75. The van der Waals surface area contributed by atoms with E-state index in [2.05, 4.69) is 4.90 Å². The van der Waals surface area contributed by atoms with Crippen LogP contribution >= 0.6 is 0 Å². The molecule has 2 aliphatic rings. The van der Waals surface area contributed by atoms with Crippen molar-refractivity contribution in [1.82, 2.24) is 0 Å². The molecule has 5 heteroatoms. The lowest BCUT2D eigenvalue weighted by Crippen LogP contribution is -2.42. The van der Waals surface area contributed by atoms with Crippen LogP contribution in [0, 0.1) is 11.8 Å². The lowest BCUT2D eigenvalue weighted by molar-refractivity contribution is -0.137. The molecule has 2 nitrogen and oxygen atoms in total. The minimum atomic E-state index is -4.33. The number of hydrogen-bond acceptors (Lipinski definition) is 2. The van der Waals surface area contributed by atoms with E-state index in [0.29, 0.717) is 5.92 Å². The first kappa shape index (κ1) is 14.5. The van der Waals surface area contributed by atoms with Crippen LogP contribution in [0.15, 0.2) is 18.2 Å². The van der Waals surface area contributed by atoms with E-state index in [9.17, 15) is 13.2 Å². The van der Waals surface area contributed by atoms with E-state index in [0.717, 1.165) is 43.2 Å². The van der Waals surface area contributed by atoms with E-state index in [-0.39, 0.29) is 5.69 Å². The highest BCUT2D eigenvalue weighted by Gasteiger charge is 2.33. The van der Waals surface area contributed by atoms with E-state index in [4.69, 9.17) is 5.73 Å². The fourth-order valence-electron chi connectivity index (χ4n) is 3.84. The van der Waals surface area contributed by atoms with Crippen molar-refractivity contribution in [3.8, 4) is 0 Å². The van der Waals surface area contributed by atoms with Crippen LogP contribution in [0.1, 0.15) is 37.7 Å². The van der Waals surface area contributed by atoms with Gasteiger partial charge in [-0.3, -0.25) is 0 Å². The molecule has 2 N–H and O–H groups in total. The van der Waals surface area contributed by atoms with Crippen molar-refractivity contribution in [3.05, 3.63) is 23.8 Å². The average Bonchev–Trinajstić information content (AvgIpc) is 2.45. The minimum absolute atomic E-state index is 0.235. The summed E-state index contributed by atoms with van der Waals surface area (Å²) in [7, 11) is 0. The monoisotopic (exact) mass is 298 g/mol. The maximum Gasteiger partial charge on any atom is 0.416 e. The quantitative estimate of drug-likeness (QED) is 0.783. The first-order valence-electron chi connectivity index (χ1n) is 7.67. The summed E-state index contributed by atoms with van der Waals surface area (Å²) >= 11 is 0. The summed E-state index contributed by atoms with van der Waals surface area (Å²) in [6.45, 7) is 1.83. The van der Waals surface area contributed by atoms with Gasteiger partial charge in [-0.05, 0) is 42.9 Å². The minimum Gasteiger partial charge on any atom is -0.397 e. The summed E-state index contributed by atoms with van der Waals surface area (Å²) in [6.07, 6.45) is 1.94. The molecule has 0 amide bonds. The van der Waals surface area contributed by atoms with E-state index in [1.54, 1.807) is 0 Å². The van der Waals surface area contributed by atoms with Crippen LogP contribution in [-0.4, -0.2) is 13.1 Å². The first-order valence-corrected chi connectivity index (χ1v) is 7.67. The van der Waals surface area contributed by atoms with E-state index in [1.165, 1.54) is 31.7 Å². The Bertz CT molecular complexity index is 513. The van der Waals surface area contributed by atoms with Crippen molar-refractivity contribution in [1.29, 1.82) is 0 Å². The second-order valence-corrected chi connectivity index (χ2v) is 6.31. The second kappa shape index (κ2) is 5.43. The predicted molar refractivity (Wildman–Crippen MR) is 78.1 cm³/mol. The van der Waals surface area contributed by atoms with Crippen molar-refractivity contribution in [3.63, 3.8) is 0 Å². The molecule has 1 saturated heterocycles. The summed E-state index contributed by atoms with van der Waals surface area (Å²) in [6, 6.07) is 3.72. The highest BCUT2D eigenvalue weighted by atomic mass is 19.4. The topological polar surface area (TPSA) is 29.3 Å². The molecule has 2 unspecified atom stereocenters. The SMILES string of the molecule is Nc1cc(C(F)(F)F)ccc1N1CCC2CCCCC2C1. The number of alkyl halides is 3. The molecule has 0 spiro atoms. The lowest BCUT2D eigenvalue weighted by Gasteiger charge is -2.42. The number of rotatable bonds is 1. The Morgan fingerprint density at radius 3 is 2.43 bits per heavy atom. The van der Waals surface area contributed by atoms with Gasteiger partial charge in [0, 0.05) is 13.1 Å². The van der Waals surface area contributed by atoms with E-state index in [1.807, 2.05) is 0 Å². The van der Waals surface area contributed by atoms with Crippen LogP contribution in [0.4, 0.5) is 24.5 Å². The van der Waals surface area contributed by atoms with Gasteiger partial charge in [0.2, 0.25) is 0 Å². The number of hydrogen-bond donors (Lipinski definition) is 1. The third kappa shape index (κ3) is 2.97. The molecule has 1 aromatic carbocycles. The van der Waals surface area contributed by atoms with Crippen molar-refractivity contribution in [2.24, 2.45) is 11.8 Å². The molecule has 21 heavy (non-hydrogen) atoms.